The maximum absolute atomic E-state index is 10.0. The monoisotopic (exact) mass is 339 g/mol. The van der Waals surface area contributed by atoms with E-state index in [0.717, 1.165) is 35.4 Å². The third-order valence-electron chi connectivity index (χ3n) is 4.86. The van der Waals surface area contributed by atoms with E-state index in [-0.39, 0.29) is 6.10 Å². The van der Waals surface area contributed by atoms with Crippen LogP contribution in [-0.2, 0) is 0 Å². The molecule has 124 valence electrons. The Hall–Kier alpha value is -1.98. The van der Waals surface area contributed by atoms with Crippen molar-refractivity contribution < 1.29 is 5.11 Å². The van der Waals surface area contributed by atoms with Gasteiger partial charge in [-0.15, -0.1) is 11.3 Å². The normalized spacial score (nSPS) is 18.3. The van der Waals surface area contributed by atoms with Crippen molar-refractivity contribution in [2.45, 2.75) is 32.8 Å². The molecule has 0 amide bonds. The molecular weight excluding hydrogens is 318 g/mol. The van der Waals surface area contributed by atoms with E-state index >= 15 is 0 Å². The Labute approximate surface area is 145 Å². The van der Waals surface area contributed by atoms with Gasteiger partial charge in [-0.05, 0) is 43.4 Å². The van der Waals surface area contributed by atoms with Gasteiger partial charge in [-0.1, -0.05) is 18.2 Å². The summed E-state index contributed by atoms with van der Waals surface area (Å²) in [5, 5.41) is 13.3. The number of β-amino-alcohol motifs (C(OH)–C–C–N with tert-alkyl or cyclic N) is 1. The number of thiophene rings is 1. The van der Waals surface area contributed by atoms with Gasteiger partial charge >= 0.3 is 0 Å². The number of aryl methyl sites for hydroxylation is 2. The largest absolute Gasteiger partial charge is 0.391 e. The van der Waals surface area contributed by atoms with Crippen molar-refractivity contribution in [2.75, 3.05) is 18.0 Å². The van der Waals surface area contributed by atoms with Crippen molar-refractivity contribution in [1.29, 1.82) is 0 Å². The molecule has 0 spiro atoms. The van der Waals surface area contributed by atoms with E-state index in [1.807, 2.05) is 0 Å². The number of aliphatic hydroxyl groups excluding tert-OH is 1. The molecule has 1 N–H and O–H groups in total. The molecule has 0 bridgehead atoms. The van der Waals surface area contributed by atoms with E-state index in [9.17, 15) is 5.11 Å². The maximum Gasteiger partial charge on any atom is 0.141 e. The smallest absolute Gasteiger partial charge is 0.141 e. The van der Waals surface area contributed by atoms with Crippen molar-refractivity contribution >= 4 is 27.4 Å². The zero-order chi connectivity index (χ0) is 16.7. The third kappa shape index (κ3) is 2.68. The number of aromatic nitrogens is 2. The van der Waals surface area contributed by atoms with Crippen LogP contribution in [0.2, 0.25) is 0 Å². The number of benzene rings is 1. The Morgan fingerprint density at radius 1 is 1.21 bits per heavy atom. The van der Waals surface area contributed by atoms with Crippen LogP contribution < -0.4 is 4.90 Å². The molecule has 1 saturated heterocycles. The van der Waals surface area contributed by atoms with Crippen molar-refractivity contribution in [2.24, 2.45) is 0 Å². The Bertz CT molecular complexity index is 889. The molecule has 0 aliphatic carbocycles. The van der Waals surface area contributed by atoms with Crippen molar-refractivity contribution in [1.82, 2.24) is 9.97 Å². The number of fused-ring (bicyclic) bond motifs is 1. The minimum Gasteiger partial charge on any atom is -0.391 e. The van der Waals surface area contributed by atoms with E-state index in [1.165, 1.54) is 22.3 Å². The van der Waals surface area contributed by atoms with E-state index in [4.69, 9.17) is 0 Å². The van der Waals surface area contributed by atoms with Gasteiger partial charge in [0.2, 0.25) is 0 Å². The minimum atomic E-state index is -0.271. The predicted molar refractivity (Wildman–Crippen MR) is 99.8 cm³/mol. The van der Waals surface area contributed by atoms with Gasteiger partial charge in [-0.3, -0.25) is 0 Å². The molecule has 1 atom stereocenters. The van der Waals surface area contributed by atoms with Gasteiger partial charge in [-0.25, -0.2) is 9.97 Å². The first-order valence-electron chi connectivity index (χ1n) is 8.36. The van der Waals surface area contributed by atoms with Crippen LogP contribution in [0.25, 0.3) is 21.3 Å². The molecule has 3 aromatic rings. The highest BCUT2D eigenvalue weighted by atomic mass is 32.1. The van der Waals surface area contributed by atoms with Gasteiger partial charge in [0.05, 0.1) is 11.5 Å². The fourth-order valence-electron chi connectivity index (χ4n) is 3.37. The van der Waals surface area contributed by atoms with Crippen LogP contribution in [0.5, 0.6) is 0 Å². The van der Waals surface area contributed by atoms with Crippen LogP contribution >= 0.6 is 11.3 Å². The van der Waals surface area contributed by atoms with Crippen molar-refractivity contribution in [3.63, 3.8) is 0 Å². The molecule has 1 aromatic carbocycles. The van der Waals surface area contributed by atoms with Crippen LogP contribution in [0, 0.1) is 13.8 Å². The van der Waals surface area contributed by atoms with Crippen molar-refractivity contribution in [3.05, 3.63) is 41.0 Å². The van der Waals surface area contributed by atoms with Gasteiger partial charge < -0.3 is 10.0 Å². The summed E-state index contributed by atoms with van der Waals surface area (Å²) in [5.41, 5.74) is 4.99. The molecule has 24 heavy (non-hydrogen) atoms. The van der Waals surface area contributed by atoms with E-state index in [2.05, 4.69) is 52.3 Å². The molecular formula is C19H21N3OS. The number of hydrogen-bond donors (Lipinski definition) is 1. The van der Waals surface area contributed by atoms with Gasteiger partial charge in [0.25, 0.3) is 0 Å². The molecule has 4 nitrogen and oxygen atoms in total. The number of piperidine rings is 1. The standard InChI is InChI=1S/C19H21N3OS/c1-12-5-6-14(8-13(12)2)16-10-24-19-17(16)18(20-11-21-19)22-7-3-4-15(23)9-22/h5-6,8,10-11,15,23H,3-4,7,9H2,1-2H3/t15-/m1/s1. The van der Waals surface area contributed by atoms with E-state index in [1.54, 1.807) is 17.7 Å². The van der Waals surface area contributed by atoms with Gasteiger partial charge in [0.1, 0.15) is 17.0 Å². The van der Waals surface area contributed by atoms with Crippen molar-refractivity contribution in [3.8, 4) is 11.1 Å². The molecule has 0 unspecified atom stereocenters. The number of rotatable bonds is 2. The predicted octanol–water partition coefficient (Wildman–Crippen LogP) is 3.94. The molecule has 5 heteroatoms. The zero-order valence-electron chi connectivity index (χ0n) is 14.0. The summed E-state index contributed by atoms with van der Waals surface area (Å²) in [6.45, 7) is 5.86. The topological polar surface area (TPSA) is 49.2 Å². The van der Waals surface area contributed by atoms with Crippen LogP contribution in [-0.4, -0.2) is 34.3 Å². The highest BCUT2D eigenvalue weighted by molar-refractivity contribution is 7.17. The molecule has 0 radical (unpaired) electrons. The van der Waals surface area contributed by atoms with Gasteiger partial charge in [0, 0.05) is 24.0 Å². The fourth-order valence-corrected chi connectivity index (χ4v) is 4.28. The summed E-state index contributed by atoms with van der Waals surface area (Å²) in [4.78, 5) is 12.2. The number of anilines is 1. The first kappa shape index (κ1) is 15.5. The summed E-state index contributed by atoms with van der Waals surface area (Å²) in [6.07, 6.45) is 3.24. The summed E-state index contributed by atoms with van der Waals surface area (Å²) < 4.78 is 0. The lowest BCUT2D eigenvalue weighted by Gasteiger charge is -2.31. The fraction of sp³-hybridized carbons (Fsp3) is 0.368. The SMILES string of the molecule is Cc1ccc(-c2csc3ncnc(N4CCC[C@@H](O)C4)c23)cc1C. The second-order valence-corrected chi connectivity index (χ2v) is 7.43. The number of nitrogens with zero attached hydrogens (tertiary/aromatic N) is 3. The van der Waals surface area contributed by atoms with E-state index in [0.29, 0.717) is 6.54 Å². The Morgan fingerprint density at radius 2 is 2.08 bits per heavy atom. The maximum atomic E-state index is 10.0. The molecule has 3 heterocycles. The Morgan fingerprint density at radius 3 is 2.88 bits per heavy atom. The van der Waals surface area contributed by atoms with E-state index < -0.39 is 0 Å². The second kappa shape index (κ2) is 6.15. The molecule has 1 aliphatic rings. The first-order valence-corrected chi connectivity index (χ1v) is 9.24. The molecule has 0 saturated carbocycles. The summed E-state index contributed by atoms with van der Waals surface area (Å²) in [6, 6.07) is 6.58. The molecule has 4 rings (SSSR count). The first-order chi connectivity index (χ1) is 11.6. The second-order valence-electron chi connectivity index (χ2n) is 6.57. The minimum absolute atomic E-state index is 0.271. The average Bonchev–Trinajstić information content (AvgIpc) is 3.01. The molecule has 1 fully saturated rings. The van der Waals surface area contributed by atoms with Gasteiger partial charge in [0.15, 0.2) is 0 Å². The highest BCUT2D eigenvalue weighted by Crippen LogP contribution is 2.38. The van der Waals surface area contributed by atoms with Crippen LogP contribution in [0.1, 0.15) is 24.0 Å². The lowest BCUT2D eigenvalue weighted by Crippen LogP contribution is -2.38. The Balaban J connectivity index is 1.86. The lowest BCUT2D eigenvalue weighted by molar-refractivity contribution is 0.154. The summed E-state index contributed by atoms with van der Waals surface area (Å²) in [5.74, 6) is 0.952. The average molecular weight is 339 g/mol. The Kier molecular flexibility index (Phi) is 3.98. The third-order valence-corrected chi connectivity index (χ3v) is 5.75. The number of hydrogen-bond acceptors (Lipinski definition) is 5. The van der Waals surface area contributed by atoms with Crippen LogP contribution in [0.15, 0.2) is 29.9 Å². The number of aliphatic hydroxyl groups is 1. The molecule has 1 aliphatic heterocycles. The van der Waals surface area contributed by atoms with Gasteiger partial charge in [-0.2, -0.15) is 0 Å². The summed E-state index contributed by atoms with van der Waals surface area (Å²) in [7, 11) is 0. The zero-order valence-corrected chi connectivity index (χ0v) is 14.8. The highest BCUT2D eigenvalue weighted by Gasteiger charge is 2.23. The van der Waals surface area contributed by atoms with Crippen LogP contribution in [0.4, 0.5) is 5.82 Å². The quantitative estimate of drug-likeness (QED) is 0.768. The summed E-state index contributed by atoms with van der Waals surface area (Å²) >= 11 is 1.66. The molecule has 2 aromatic heterocycles. The lowest BCUT2D eigenvalue weighted by atomic mass is 10.00. The van der Waals surface area contributed by atoms with Crippen LogP contribution in [0.3, 0.4) is 0 Å².